The second-order valence-corrected chi connectivity index (χ2v) is 15.0. The highest BCUT2D eigenvalue weighted by Crippen LogP contribution is 2.76. The lowest BCUT2D eigenvalue weighted by Crippen LogP contribution is -2.73. The Morgan fingerprint density at radius 3 is 2.19 bits per heavy atom. The first-order valence-corrected chi connectivity index (χ1v) is 14.0. The van der Waals surface area contributed by atoms with E-state index in [-0.39, 0.29) is 28.6 Å². The maximum atomic E-state index is 18.1. The number of allylic oxidation sites excluding steroid dienone is 4. The van der Waals surface area contributed by atoms with Crippen molar-refractivity contribution < 1.29 is 18.8 Å². The van der Waals surface area contributed by atoms with Crippen molar-refractivity contribution in [2.75, 3.05) is 0 Å². The van der Waals surface area contributed by atoms with Crippen molar-refractivity contribution in [1.82, 2.24) is 0 Å². The molecule has 0 bridgehead atoms. The number of Topliss-reactive ketones (excluding diaryl/α,β-unsaturated/α-hetero) is 2. The van der Waals surface area contributed by atoms with Crippen LogP contribution >= 0.6 is 0 Å². The Kier molecular flexibility index (Phi) is 5.23. The summed E-state index contributed by atoms with van der Waals surface area (Å²) in [6.07, 6.45) is 7.84. The summed E-state index contributed by atoms with van der Waals surface area (Å²) in [5, 5.41) is 0. The zero-order valence-electron chi connectivity index (χ0n) is 23.8. The Morgan fingerprint density at radius 1 is 0.973 bits per heavy atom. The maximum Gasteiger partial charge on any atom is 0.226 e. The zero-order valence-corrected chi connectivity index (χ0v) is 23.8. The molecule has 0 radical (unpaired) electrons. The van der Waals surface area contributed by atoms with Crippen LogP contribution in [0.2, 0.25) is 0 Å². The van der Waals surface area contributed by atoms with E-state index in [1.807, 2.05) is 20.8 Å². The normalized spacial score (nSPS) is 47.8. The number of hydrogen-bond acceptors (Lipinski definition) is 3. The fourth-order valence-corrected chi connectivity index (χ4v) is 10.1. The van der Waals surface area contributed by atoms with Gasteiger partial charge in [0.25, 0.3) is 0 Å². The summed E-state index contributed by atoms with van der Waals surface area (Å²) < 4.78 is 18.1. The van der Waals surface area contributed by atoms with Gasteiger partial charge in [-0.2, -0.15) is 0 Å². The van der Waals surface area contributed by atoms with Crippen LogP contribution < -0.4 is 0 Å². The van der Waals surface area contributed by atoms with Gasteiger partial charge in [0.05, 0.1) is 6.57 Å². The first-order chi connectivity index (χ1) is 16.9. The number of rotatable bonds is 1. The standard InChI is InChI=1S/C32H42FNO3/c1-19(35)31-14-12-26(2,3)18-23(31)32(33)24(36)16-22-28(6)17-20(34-9)25(37)27(4,5)21(28)10-11-29(22,7)30(32,8)13-15-31/h16-17,21,23H,10-15,18H2,1-8H3/t21-,23+,28-,29+,30-,31+,32+/m0/s1. The summed E-state index contributed by atoms with van der Waals surface area (Å²) in [7, 11) is 0. The molecule has 5 aliphatic rings. The molecule has 0 N–H and O–H groups in total. The fourth-order valence-electron chi connectivity index (χ4n) is 10.1. The van der Waals surface area contributed by atoms with Gasteiger partial charge < -0.3 is 4.79 Å². The van der Waals surface area contributed by atoms with Crippen molar-refractivity contribution in [2.24, 2.45) is 44.3 Å². The van der Waals surface area contributed by atoms with Gasteiger partial charge in [-0.3, -0.25) is 9.59 Å². The number of nitrogens with zero attached hydrogens (tertiary/aromatic N) is 1. The molecule has 0 aliphatic heterocycles. The van der Waals surface area contributed by atoms with Crippen LogP contribution in [0.25, 0.3) is 4.85 Å². The van der Waals surface area contributed by atoms with Gasteiger partial charge in [-0.05, 0) is 74.7 Å². The van der Waals surface area contributed by atoms with Gasteiger partial charge in [-0.1, -0.05) is 60.1 Å². The molecule has 3 fully saturated rings. The van der Waals surface area contributed by atoms with E-state index in [4.69, 9.17) is 6.57 Å². The predicted molar refractivity (Wildman–Crippen MR) is 141 cm³/mol. The summed E-state index contributed by atoms with van der Waals surface area (Å²) in [4.78, 5) is 44.2. The quantitative estimate of drug-likeness (QED) is 0.352. The van der Waals surface area contributed by atoms with Crippen molar-refractivity contribution in [1.29, 1.82) is 0 Å². The number of ketones is 3. The molecule has 4 nitrogen and oxygen atoms in total. The van der Waals surface area contributed by atoms with Crippen LogP contribution in [0.3, 0.4) is 0 Å². The number of carbonyl (C=O) groups excluding carboxylic acids is 3. The van der Waals surface area contributed by atoms with Crippen molar-refractivity contribution in [3.8, 4) is 0 Å². The SMILES string of the molecule is [C-]#[N+]C1=C[C@]2(C)C3=CC(=O)[C@]4(F)[C@@H]5CC(C)(C)CC[C@]5(C(C)=O)CC[C@@]4(C)[C@]3(C)CC[C@H]2C(C)(C)C1=O. The van der Waals surface area contributed by atoms with Gasteiger partial charge >= 0.3 is 0 Å². The first kappa shape index (κ1) is 26.5. The molecule has 0 amide bonds. The van der Waals surface area contributed by atoms with Crippen LogP contribution in [0.5, 0.6) is 0 Å². The van der Waals surface area contributed by atoms with Gasteiger partial charge in [-0.15, -0.1) is 0 Å². The molecule has 37 heavy (non-hydrogen) atoms. The molecule has 200 valence electrons. The molecule has 0 aromatic carbocycles. The molecule has 0 heterocycles. The van der Waals surface area contributed by atoms with Crippen molar-refractivity contribution in [3.05, 3.63) is 34.8 Å². The number of halogens is 1. The molecule has 0 aromatic heterocycles. The number of hydrogen-bond donors (Lipinski definition) is 0. The van der Waals surface area contributed by atoms with Crippen molar-refractivity contribution in [3.63, 3.8) is 0 Å². The third-order valence-corrected chi connectivity index (χ3v) is 12.7. The lowest BCUT2D eigenvalue weighted by Gasteiger charge is -2.70. The molecule has 5 rings (SSSR count). The lowest BCUT2D eigenvalue weighted by molar-refractivity contribution is -0.216. The average Bonchev–Trinajstić information content (AvgIpc) is 2.80. The van der Waals surface area contributed by atoms with Gasteiger partial charge in [0.2, 0.25) is 5.70 Å². The Hall–Kier alpha value is -2.09. The molecule has 3 saturated carbocycles. The van der Waals surface area contributed by atoms with Crippen LogP contribution in [-0.2, 0) is 14.4 Å². The Morgan fingerprint density at radius 2 is 1.59 bits per heavy atom. The second-order valence-electron chi connectivity index (χ2n) is 15.0. The monoisotopic (exact) mass is 507 g/mol. The first-order valence-electron chi connectivity index (χ1n) is 14.0. The van der Waals surface area contributed by atoms with Crippen LogP contribution in [0.4, 0.5) is 4.39 Å². The molecule has 5 aliphatic carbocycles. The van der Waals surface area contributed by atoms with Crippen LogP contribution in [-0.4, -0.2) is 23.0 Å². The van der Waals surface area contributed by atoms with Gasteiger partial charge in [-0.25, -0.2) is 9.24 Å². The summed E-state index contributed by atoms with van der Waals surface area (Å²) in [5.41, 5.74) is -5.12. The number of carbonyl (C=O) groups is 3. The summed E-state index contributed by atoms with van der Waals surface area (Å²) in [6, 6.07) is 0. The summed E-state index contributed by atoms with van der Waals surface area (Å²) >= 11 is 0. The minimum Gasteiger partial charge on any atom is -0.307 e. The second kappa shape index (κ2) is 7.30. The van der Waals surface area contributed by atoms with Crippen LogP contribution in [0.15, 0.2) is 23.4 Å². The van der Waals surface area contributed by atoms with E-state index < -0.39 is 44.4 Å². The summed E-state index contributed by atoms with van der Waals surface area (Å²) in [6.45, 7) is 23.5. The smallest absolute Gasteiger partial charge is 0.226 e. The van der Waals surface area contributed by atoms with E-state index in [1.54, 1.807) is 19.1 Å². The minimum atomic E-state index is -2.14. The van der Waals surface area contributed by atoms with Gasteiger partial charge in [0, 0.05) is 27.6 Å². The van der Waals surface area contributed by atoms with E-state index in [1.165, 1.54) is 0 Å². The maximum absolute atomic E-state index is 18.1. The number of alkyl halides is 1. The molecule has 0 unspecified atom stereocenters. The van der Waals surface area contributed by atoms with E-state index in [0.717, 1.165) is 18.4 Å². The Bertz CT molecular complexity index is 1230. The molecule has 5 heteroatoms. The Balaban J connectivity index is 1.76. The van der Waals surface area contributed by atoms with Gasteiger partial charge in [0.1, 0.15) is 5.78 Å². The highest BCUT2D eigenvalue weighted by Gasteiger charge is 2.77. The molecule has 0 aromatic rings. The molecule has 0 spiro atoms. The number of fused-ring (bicyclic) bond motifs is 7. The third kappa shape index (κ3) is 2.86. The Labute approximate surface area is 221 Å². The molecule has 7 atom stereocenters. The minimum absolute atomic E-state index is 0.0210. The van der Waals surface area contributed by atoms with E-state index in [9.17, 15) is 14.4 Å². The predicted octanol–water partition coefficient (Wildman–Crippen LogP) is 7.24. The van der Waals surface area contributed by atoms with E-state index in [2.05, 4.69) is 32.5 Å². The van der Waals surface area contributed by atoms with E-state index in [0.29, 0.717) is 32.1 Å². The third-order valence-electron chi connectivity index (χ3n) is 12.7. The zero-order chi connectivity index (χ0) is 27.6. The topological polar surface area (TPSA) is 55.6 Å². The lowest BCUT2D eigenvalue weighted by atomic mass is 9.33. The van der Waals surface area contributed by atoms with Crippen molar-refractivity contribution >= 4 is 17.3 Å². The van der Waals surface area contributed by atoms with E-state index >= 15 is 4.39 Å². The highest BCUT2D eigenvalue weighted by molar-refractivity contribution is 6.04. The van der Waals surface area contributed by atoms with Crippen LogP contribution in [0, 0.1) is 50.9 Å². The van der Waals surface area contributed by atoms with Crippen molar-refractivity contribution in [2.45, 2.75) is 106 Å². The van der Waals surface area contributed by atoms with Crippen LogP contribution in [0.1, 0.15) is 100 Å². The highest BCUT2D eigenvalue weighted by atomic mass is 19.1. The largest absolute Gasteiger partial charge is 0.307 e. The molecular weight excluding hydrogens is 465 g/mol. The van der Waals surface area contributed by atoms with Gasteiger partial charge in [0.15, 0.2) is 17.2 Å². The summed E-state index contributed by atoms with van der Waals surface area (Å²) in [5.74, 6) is -1.35. The molecular formula is C32H42FNO3. The fraction of sp³-hybridized carbons (Fsp3) is 0.750. The molecule has 0 saturated heterocycles. The average molecular weight is 508 g/mol.